The predicted molar refractivity (Wildman–Crippen MR) is 139 cm³/mol. The van der Waals surface area contributed by atoms with Crippen LogP contribution in [0.4, 0.5) is 15.9 Å². The molecule has 1 atom stereocenters. The van der Waals surface area contributed by atoms with Crippen LogP contribution in [0.5, 0.6) is 0 Å². The van der Waals surface area contributed by atoms with Gasteiger partial charge >= 0.3 is 0 Å². The van der Waals surface area contributed by atoms with Crippen LogP contribution in [0.3, 0.4) is 0 Å². The Bertz CT molecular complexity index is 1450. The molecule has 37 heavy (non-hydrogen) atoms. The molecule has 0 aliphatic heterocycles. The monoisotopic (exact) mass is 496 g/mol. The Morgan fingerprint density at radius 2 is 1.86 bits per heavy atom. The van der Waals surface area contributed by atoms with Crippen molar-refractivity contribution in [3.63, 3.8) is 0 Å². The maximum atomic E-state index is 13.2. The molecule has 1 amide bonds. The van der Waals surface area contributed by atoms with Crippen LogP contribution < -0.4 is 16.4 Å². The molecule has 0 bridgehead atoms. The lowest BCUT2D eigenvalue weighted by molar-refractivity contribution is 0.0940. The highest BCUT2D eigenvalue weighted by molar-refractivity contribution is 5.99. The van der Waals surface area contributed by atoms with E-state index in [-0.39, 0.29) is 29.6 Å². The zero-order chi connectivity index (χ0) is 26.4. The van der Waals surface area contributed by atoms with Crippen molar-refractivity contribution in [2.75, 3.05) is 11.1 Å². The SMILES string of the molecule is C[C@H](NC(=O)c1cc(C#N)cnc1NCc1ccc(-c2ccc(N)c(CO)n2)cc1)c1ccc(F)cc1. The number of anilines is 2. The number of nitrogens with two attached hydrogens (primary N) is 1. The minimum atomic E-state index is -0.409. The fourth-order valence-corrected chi connectivity index (χ4v) is 3.73. The number of hydrogen-bond donors (Lipinski definition) is 4. The van der Waals surface area contributed by atoms with Crippen molar-refractivity contribution in [2.45, 2.75) is 26.1 Å². The quantitative estimate of drug-likeness (QED) is 0.285. The number of hydrogen-bond acceptors (Lipinski definition) is 7. The van der Waals surface area contributed by atoms with Crippen molar-refractivity contribution in [1.29, 1.82) is 5.26 Å². The Balaban J connectivity index is 1.48. The van der Waals surface area contributed by atoms with Gasteiger partial charge in [-0.3, -0.25) is 4.79 Å². The van der Waals surface area contributed by atoms with Gasteiger partial charge in [-0.15, -0.1) is 0 Å². The summed E-state index contributed by atoms with van der Waals surface area (Å²) in [4.78, 5) is 21.7. The van der Waals surface area contributed by atoms with Crippen LogP contribution in [0, 0.1) is 17.1 Å². The van der Waals surface area contributed by atoms with Crippen molar-refractivity contribution in [1.82, 2.24) is 15.3 Å². The van der Waals surface area contributed by atoms with E-state index in [4.69, 9.17) is 5.73 Å². The van der Waals surface area contributed by atoms with Gasteiger partial charge in [-0.25, -0.2) is 14.4 Å². The number of aliphatic hydroxyl groups excluding tert-OH is 1. The minimum Gasteiger partial charge on any atom is -0.397 e. The molecule has 0 fully saturated rings. The molecule has 0 unspecified atom stereocenters. The topological polar surface area (TPSA) is 137 Å². The van der Waals surface area contributed by atoms with Crippen LogP contribution in [0.1, 0.15) is 45.7 Å². The van der Waals surface area contributed by atoms with E-state index in [1.165, 1.54) is 24.4 Å². The lowest BCUT2D eigenvalue weighted by atomic mass is 10.1. The molecule has 2 heterocycles. The summed E-state index contributed by atoms with van der Waals surface area (Å²) in [6.45, 7) is 1.93. The maximum absolute atomic E-state index is 13.2. The molecular weight excluding hydrogens is 471 g/mol. The molecule has 5 N–H and O–H groups in total. The molecule has 0 saturated carbocycles. The van der Waals surface area contributed by atoms with Crippen LogP contribution in [0.25, 0.3) is 11.3 Å². The van der Waals surface area contributed by atoms with Crippen LogP contribution >= 0.6 is 0 Å². The van der Waals surface area contributed by atoms with Gasteiger partial charge in [0.15, 0.2) is 0 Å². The standard InChI is InChI=1S/C28H25FN6O2/c1-17(20-6-8-22(29)9-7-20)34-28(37)23-12-19(13-30)15-33-27(23)32-14-18-2-4-21(5-3-18)25-11-10-24(31)26(16-36)35-25/h2-12,15,17,36H,14,16,31H2,1H3,(H,32,33)(H,34,37)/t17-/m0/s1. The Hall–Kier alpha value is -4.81. The van der Waals surface area contributed by atoms with E-state index in [2.05, 4.69) is 20.6 Å². The van der Waals surface area contributed by atoms with Gasteiger partial charge in [0.1, 0.15) is 17.7 Å². The first-order valence-electron chi connectivity index (χ1n) is 11.5. The van der Waals surface area contributed by atoms with Crippen molar-refractivity contribution in [3.8, 4) is 17.3 Å². The van der Waals surface area contributed by atoms with Gasteiger partial charge in [-0.1, -0.05) is 36.4 Å². The predicted octanol–water partition coefficient (Wildman–Crippen LogP) is 4.33. The van der Waals surface area contributed by atoms with E-state index < -0.39 is 5.91 Å². The summed E-state index contributed by atoms with van der Waals surface area (Å²) in [6, 6.07) is 20.1. The Morgan fingerprint density at radius 3 is 2.54 bits per heavy atom. The number of amides is 1. The smallest absolute Gasteiger partial charge is 0.255 e. The summed E-state index contributed by atoms with van der Waals surface area (Å²) in [7, 11) is 0. The Morgan fingerprint density at radius 1 is 1.14 bits per heavy atom. The van der Waals surface area contributed by atoms with Gasteiger partial charge in [-0.2, -0.15) is 5.26 Å². The van der Waals surface area contributed by atoms with E-state index >= 15 is 0 Å². The number of nitrogen functional groups attached to an aromatic ring is 1. The van der Waals surface area contributed by atoms with Crippen LogP contribution in [0.15, 0.2) is 72.9 Å². The molecule has 0 aliphatic rings. The second kappa shape index (κ2) is 11.3. The van der Waals surface area contributed by atoms with Gasteiger partial charge in [-0.05, 0) is 48.4 Å². The number of nitrogens with one attached hydrogen (secondary N) is 2. The molecule has 0 radical (unpaired) electrons. The zero-order valence-electron chi connectivity index (χ0n) is 20.1. The molecule has 0 aliphatic carbocycles. The number of carbonyl (C=O) groups excluding carboxylic acids is 1. The number of nitriles is 1. The highest BCUT2D eigenvalue weighted by Gasteiger charge is 2.17. The number of aliphatic hydroxyl groups is 1. The fraction of sp³-hybridized carbons (Fsp3) is 0.143. The molecule has 2 aromatic carbocycles. The molecule has 8 nitrogen and oxygen atoms in total. The number of rotatable bonds is 8. The number of benzene rings is 2. The molecule has 4 aromatic rings. The molecule has 0 spiro atoms. The summed E-state index contributed by atoms with van der Waals surface area (Å²) in [6.07, 6.45) is 1.40. The van der Waals surface area contributed by atoms with Crippen molar-refractivity contribution in [2.24, 2.45) is 0 Å². The third kappa shape index (κ3) is 6.07. The van der Waals surface area contributed by atoms with Gasteiger partial charge in [0.05, 0.1) is 40.9 Å². The van der Waals surface area contributed by atoms with Gasteiger partial charge in [0.25, 0.3) is 5.91 Å². The van der Waals surface area contributed by atoms with E-state index in [9.17, 15) is 19.6 Å². The minimum absolute atomic E-state index is 0.229. The number of carbonyl (C=O) groups is 1. The van der Waals surface area contributed by atoms with Crippen LogP contribution in [0.2, 0.25) is 0 Å². The average molecular weight is 497 g/mol. The maximum Gasteiger partial charge on any atom is 0.255 e. The van der Waals surface area contributed by atoms with Crippen LogP contribution in [-0.2, 0) is 13.2 Å². The number of halogens is 1. The zero-order valence-corrected chi connectivity index (χ0v) is 20.1. The van der Waals surface area contributed by atoms with Gasteiger partial charge < -0.3 is 21.5 Å². The number of aromatic nitrogens is 2. The number of pyridine rings is 2. The van der Waals surface area contributed by atoms with E-state index in [1.54, 1.807) is 31.2 Å². The summed E-state index contributed by atoms with van der Waals surface area (Å²) in [5, 5.41) is 24.7. The normalized spacial score (nSPS) is 11.4. The van der Waals surface area contributed by atoms with Crippen molar-refractivity contribution < 1.29 is 14.3 Å². The number of nitrogens with zero attached hydrogens (tertiary/aromatic N) is 3. The second-order valence-corrected chi connectivity index (χ2v) is 8.42. The summed E-state index contributed by atoms with van der Waals surface area (Å²) < 4.78 is 13.2. The second-order valence-electron chi connectivity index (χ2n) is 8.42. The van der Waals surface area contributed by atoms with E-state index in [0.29, 0.717) is 29.4 Å². The summed E-state index contributed by atoms with van der Waals surface area (Å²) in [5.74, 6) is -0.430. The van der Waals surface area contributed by atoms with Gasteiger partial charge in [0.2, 0.25) is 0 Å². The van der Waals surface area contributed by atoms with E-state index in [0.717, 1.165) is 16.7 Å². The summed E-state index contributed by atoms with van der Waals surface area (Å²) >= 11 is 0. The Labute approximate surface area is 213 Å². The third-order valence-electron chi connectivity index (χ3n) is 5.85. The van der Waals surface area contributed by atoms with Crippen molar-refractivity contribution >= 4 is 17.4 Å². The summed E-state index contributed by atoms with van der Waals surface area (Å²) in [5.41, 5.74) is 10.4. The fourth-order valence-electron chi connectivity index (χ4n) is 3.73. The lowest BCUT2D eigenvalue weighted by Crippen LogP contribution is -2.28. The first kappa shape index (κ1) is 25.3. The van der Waals surface area contributed by atoms with Gasteiger partial charge in [0, 0.05) is 18.3 Å². The molecule has 186 valence electrons. The highest BCUT2D eigenvalue weighted by Crippen LogP contribution is 2.22. The molecule has 2 aromatic heterocycles. The molecule has 9 heteroatoms. The molecule has 0 saturated heterocycles. The van der Waals surface area contributed by atoms with E-state index in [1.807, 2.05) is 30.3 Å². The lowest BCUT2D eigenvalue weighted by Gasteiger charge is -2.16. The third-order valence-corrected chi connectivity index (χ3v) is 5.85. The highest BCUT2D eigenvalue weighted by atomic mass is 19.1. The average Bonchev–Trinajstić information content (AvgIpc) is 2.92. The van der Waals surface area contributed by atoms with Crippen molar-refractivity contribution in [3.05, 3.63) is 107 Å². The van der Waals surface area contributed by atoms with Crippen LogP contribution in [-0.4, -0.2) is 21.0 Å². The first-order valence-corrected chi connectivity index (χ1v) is 11.5. The molecular formula is C28H25FN6O2. The first-order chi connectivity index (χ1) is 17.9. The Kier molecular flexibility index (Phi) is 7.71. The molecule has 4 rings (SSSR count). The largest absolute Gasteiger partial charge is 0.397 e.